The fraction of sp³-hybridized carbons (Fsp3) is 0.917. The van der Waals surface area contributed by atoms with Gasteiger partial charge in [0.15, 0.2) is 0 Å². The molecule has 3 N–H and O–H groups in total. The summed E-state index contributed by atoms with van der Waals surface area (Å²) >= 11 is 0. The molecule has 5 heteroatoms. The number of amides is 1. The van der Waals surface area contributed by atoms with E-state index in [0.717, 1.165) is 37.9 Å². The Balaban J connectivity index is 2.34. The number of carbonyl (C=O) groups excluding carboxylic acids is 1. The van der Waals surface area contributed by atoms with Crippen molar-refractivity contribution in [1.29, 1.82) is 0 Å². The van der Waals surface area contributed by atoms with Crippen molar-refractivity contribution in [1.82, 2.24) is 5.32 Å². The number of nitrogens with one attached hydrogen (secondary N) is 1. The molecule has 1 rings (SSSR count). The Kier molecular flexibility index (Phi) is 6.73. The highest BCUT2D eigenvalue weighted by Crippen LogP contribution is 2.23. The van der Waals surface area contributed by atoms with Crippen molar-refractivity contribution in [2.45, 2.75) is 56.7 Å². The van der Waals surface area contributed by atoms with Gasteiger partial charge >= 0.3 is 0 Å². The van der Waals surface area contributed by atoms with Gasteiger partial charge in [0, 0.05) is 34.3 Å². The quantitative estimate of drug-likeness (QED) is 0.746. The van der Waals surface area contributed by atoms with Gasteiger partial charge in [-0.05, 0) is 32.2 Å². The van der Waals surface area contributed by atoms with Gasteiger partial charge < -0.3 is 11.1 Å². The van der Waals surface area contributed by atoms with Crippen LogP contribution in [0.3, 0.4) is 0 Å². The van der Waals surface area contributed by atoms with Crippen LogP contribution in [-0.2, 0) is 15.6 Å². The summed E-state index contributed by atoms with van der Waals surface area (Å²) in [4.78, 5) is 11.6. The molecule has 17 heavy (non-hydrogen) atoms. The second kappa shape index (κ2) is 7.82. The van der Waals surface area contributed by atoms with Crippen molar-refractivity contribution in [3.63, 3.8) is 0 Å². The molecule has 100 valence electrons. The van der Waals surface area contributed by atoms with Gasteiger partial charge in [0.25, 0.3) is 0 Å². The predicted octanol–water partition coefficient (Wildman–Crippen LogP) is 0.921. The van der Waals surface area contributed by atoms with Gasteiger partial charge in [-0.15, -0.1) is 0 Å². The fourth-order valence-corrected chi connectivity index (χ4v) is 3.66. The van der Waals surface area contributed by atoms with E-state index in [0.29, 0.717) is 13.0 Å². The maximum atomic E-state index is 11.8. The van der Waals surface area contributed by atoms with Gasteiger partial charge in [0.2, 0.25) is 5.91 Å². The van der Waals surface area contributed by atoms with Crippen molar-refractivity contribution >= 4 is 16.7 Å². The zero-order valence-electron chi connectivity index (χ0n) is 10.6. The average molecular weight is 260 g/mol. The molecule has 0 bridgehead atoms. The van der Waals surface area contributed by atoms with E-state index >= 15 is 0 Å². The number of rotatable bonds is 6. The largest absolute Gasteiger partial charge is 0.353 e. The van der Waals surface area contributed by atoms with Crippen LogP contribution >= 0.6 is 0 Å². The first-order valence-corrected chi connectivity index (χ1v) is 7.92. The molecular formula is C12H24N2O2S. The molecule has 4 nitrogen and oxygen atoms in total. The normalized spacial score (nSPS) is 26.5. The Morgan fingerprint density at radius 2 is 2.24 bits per heavy atom. The van der Waals surface area contributed by atoms with Crippen LogP contribution in [0.4, 0.5) is 0 Å². The average Bonchev–Trinajstić information content (AvgIpc) is 2.35. The lowest BCUT2D eigenvalue weighted by Crippen LogP contribution is -2.41. The topological polar surface area (TPSA) is 72.2 Å². The maximum Gasteiger partial charge on any atom is 0.220 e. The summed E-state index contributed by atoms with van der Waals surface area (Å²) in [5.74, 6) is 0.807. The molecule has 0 saturated heterocycles. The zero-order chi connectivity index (χ0) is 12.7. The molecule has 0 heterocycles. The summed E-state index contributed by atoms with van der Waals surface area (Å²) in [6.45, 7) is 2.51. The Morgan fingerprint density at radius 1 is 1.47 bits per heavy atom. The standard InChI is InChI=1S/C12H24N2O2S/c1-2-17(16)11-6-3-5-10(9-11)14-12(15)7-4-8-13/h10-11H,2-9,13H2,1H3,(H,14,15). The molecule has 3 unspecified atom stereocenters. The van der Waals surface area contributed by atoms with E-state index < -0.39 is 10.8 Å². The number of nitrogens with two attached hydrogens (primary N) is 1. The van der Waals surface area contributed by atoms with Crippen molar-refractivity contribution in [2.24, 2.45) is 5.73 Å². The smallest absolute Gasteiger partial charge is 0.220 e. The van der Waals surface area contributed by atoms with E-state index in [1.807, 2.05) is 6.92 Å². The first-order chi connectivity index (χ1) is 8.17. The van der Waals surface area contributed by atoms with E-state index in [2.05, 4.69) is 5.32 Å². The van der Waals surface area contributed by atoms with Gasteiger partial charge in [0.05, 0.1) is 0 Å². The fourth-order valence-electron chi connectivity index (χ4n) is 2.31. The molecule has 0 aliphatic heterocycles. The minimum absolute atomic E-state index is 0.0865. The summed E-state index contributed by atoms with van der Waals surface area (Å²) in [5.41, 5.74) is 5.37. The first kappa shape index (κ1) is 14.6. The second-order valence-corrected chi connectivity index (χ2v) is 6.62. The maximum absolute atomic E-state index is 11.8. The summed E-state index contributed by atoms with van der Waals surface area (Å²) in [6, 6.07) is 0.217. The lowest BCUT2D eigenvalue weighted by molar-refractivity contribution is -0.122. The summed E-state index contributed by atoms with van der Waals surface area (Å²) < 4.78 is 11.8. The molecule has 1 fully saturated rings. The van der Waals surface area contributed by atoms with Crippen LogP contribution in [0.15, 0.2) is 0 Å². The van der Waals surface area contributed by atoms with Crippen molar-refractivity contribution < 1.29 is 9.00 Å². The zero-order valence-corrected chi connectivity index (χ0v) is 11.4. The summed E-state index contributed by atoms with van der Waals surface area (Å²) in [6.07, 6.45) is 5.24. The van der Waals surface area contributed by atoms with Crippen LogP contribution in [0.25, 0.3) is 0 Å². The van der Waals surface area contributed by atoms with Crippen LogP contribution in [-0.4, -0.2) is 33.7 Å². The third kappa shape index (κ3) is 5.17. The molecule has 1 saturated carbocycles. The number of hydrogen-bond donors (Lipinski definition) is 2. The summed E-state index contributed by atoms with van der Waals surface area (Å²) in [5, 5.41) is 3.31. The van der Waals surface area contributed by atoms with E-state index in [9.17, 15) is 9.00 Å². The highest BCUT2D eigenvalue weighted by atomic mass is 32.2. The monoisotopic (exact) mass is 260 g/mol. The molecule has 0 aromatic heterocycles. The van der Waals surface area contributed by atoms with Crippen LogP contribution in [0.5, 0.6) is 0 Å². The van der Waals surface area contributed by atoms with Gasteiger partial charge in [-0.1, -0.05) is 13.3 Å². The first-order valence-electron chi connectivity index (χ1n) is 6.54. The third-order valence-corrected chi connectivity index (χ3v) is 5.00. The molecular weight excluding hydrogens is 236 g/mol. The molecule has 0 spiro atoms. The van der Waals surface area contributed by atoms with Crippen molar-refractivity contribution in [2.75, 3.05) is 12.3 Å². The van der Waals surface area contributed by atoms with Crippen molar-refractivity contribution in [3.05, 3.63) is 0 Å². The van der Waals surface area contributed by atoms with Crippen molar-refractivity contribution in [3.8, 4) is 0 Å². The lowest BCUT2D eigenvalue weighted by atomic mass is 9.95. The lowest BCUT2D eigenvalue weighted by Gasteiger charge is -2.29. The Morgan fingerprint density at radius 3 is 2.88 bits per heavy atom. The van der Waals surface area contributed by atoms with Crippen LogP contribution in [0, 0.1) is 0 Å². The predicted molar refractivity (Wildman–Crippen MR) is 71.2 cm³/mol. The molecule has 1 aliphatic carbocycles. The Bertz CT molecular complexity index is 271. The second-order valence-electron chi connectivity index (χ2n) is 4.61. The van der Waals surface area contributed by atoms with Gasteiger partial charge in [0.1, 0.15) is 0 Å². The molecule has 0 aromatic carbocycles. The van der Waals surface area contributed by atoms with E-state index in [-0.39, 0.29) is 17.2 Å². The summed E-state index contributed by atoms with van der Waals surface area (Å²) in [7, 11) is -0.726. The number of hydrogen-bond acceptors (Lipinski definition) is 3. The molecule has 1 aliphatic rings. The SMILES string of the molecule is CCS(=O)C1CCCC(NC(=O)CCCN)C1. The highest BCUT2D eigenvalue weighted by Gasteiger charge is 2.26. The van der Waals surface area contributed by atoms with Crippen LogP contribution in [0.2, 0.25) is 0 Å². The van der Waals surface area contributed by atoms with Crippen LogP contribution in [0.1, 0.15) is 45.4 Å². The van der Waals surface area contributed by atoms with Gasteiger partial charge in [-0.3, -0.25) is 9.00 Å². The van der Waals surface area contributed by atoms with E-state index in [1.165, 1.54) is 0 Å². The molecule has 0 radical (unpaired) electrons. The molecule has 3 atom stereocenters. The van der Waals surface area contributed by atoms with Gasteiger partial charge in [-0.2, -0.15) is 0 Å². The minimum Gasteiger partial charge on any atom is -0.353 e. The van der Waals surface area contributed by atoms with E-state index in [1.54, 1.807) is 0 Å². The Labute approximate surface area is 106 Å². The highest BCUT2D eigenvalue weighted by molar-refractivity contribution is 7.85. The molecule has 0 aromatic rings. The Hall–Kier alpha value is -0.420. The minimum atomic E-state index is -0.726. The third-order valence-electron chi connectivity index (χ3n) is 3.26. The van der Waals surface area contributed by atoms with E-state index in [4.69, 9.17) is 5.73 Å². The van der Waals surface area contributed by atoms with Gasteiger partial charge in [-0.25, -0.2) is 0 Å². The van der Waals surface area contributed by atoms with Crippen LogP contribution < -0.4 is 11.1 Å². The number of carbonyl (C=O) groups is 1. The molecule has 1 amide bonds.